The number of carbonyl (C=O) groups is 1. The highest BCUT2D eigenvalue weighted by Gasteiger charge is 2.18. The highest BCUT2D eigenvalue weighted by Crippen LogP contribution is 2.35. The molecular weight excluding hydrogens is 294 g/mol. The summed E-state index contributed by atoms with van der Waals surface area (Å²) in [5, 5.41) is 2.87. The first kappa shape index (κ1) is 13.5. The summed E-state index contributed by atoms with van der Waals surface area (Å²) in [7, 11) is 0. The van der Waals surface area contributed by atoms with Gasteiger partial charge in [0, 0.05) is 10.4 Å². The molecule has 0 saturated heterocycles. The van der Waals surface area contributed by atoms with Crippen LogP contribution in [0.2, 0.25) is 0 Å². The van der Waals surface area contributed by atoms with Gasteiger partial charge in [-0.2, -0.15) is 0 Å². The molecule has 3 N–H and O–H groups in total. The number of hydrogen-bond donors (Lipinski definition) is 2. The van der Waals surface area contributed by atoms with Gasteiger partial charge in [0.25, 0.3) is 5.91 Å². The maximum atomic E-state index is 13.7. The zero-order valence-electron chi connectivity index (χ0n) is 10.7. The van der Waals surface area contributed by atoms with Crippen LogP contribution in [0.3, 0.4) is 0 Å². The van der Waals surface area contributed by atoms with E-state index in [0.29, 0.717) is 10.4 Å². The Morgan fingerprint density at radius 1 is 1.10 bits per heavy atom. The van der Waals surface area contributed by atoms with E-state index in [0.717, 1.165) is 11.3 Å². The topological polar surface area (TPSA) is 55.1 Å². The van der Waals surface area contributed by atoms with Gasteiger partial charge in [-0.25, -0.2) is 8.78 Å². The van der Waals surface area contributed by atoms with Crippen molar-refractivity contribution < 1.29 is 13.6 Å². The van der Waals surface area contributed by atoms with Crippen molar-refractivity contribution in [1.29, 1.82) is 0 Å². The fourth-order valence-electron chi connectivity index (χ4n) is 2.02. The molecule has 106 valence electrons. The second-order valence-electron chi connectivity index (χ2n) is 4.42. The Morgan fingerprint density at radius 2 is 1.81 bits per heavy atom. The molecule has 0 atom stereocenters. The number of thiophene rings is 1. The molecule has 21 heavy (non-hydrogen) atoms. The van der Waals surface area contributed by atoms with Crippen LogP contribution in [-0.4, -0.2) is 5.91 Å². The summed E-state index contributed by atoms with van der Waals surface area (Å²) in [5.74, 6) is -1.29. The number of hydrogen-bond acceptors (Lipinski definition) is 3. The molecule has 0 aliphatic rings. The summed E-state index contributed by atoms with van der Waals surface area (Å²) in [6, 6.07) is 9.93. The standard InChI is InChI=1S/C15H10F2N2OS/c16-8-4-6-9(7-5-8)19-15(20)14-13(18)12-10(17)2-1-3-11(12)21-14/h1-7H,18H2,(H,19,20). The maximum absolute atomic E-state index is 13.7. The van der Waals surface area contributed by atoms with Gasteiger partial charge >= 0.3 is 0 Å². The van der Waals surface area contributed by atoms with Gasteiger partial charge in [-0.15, -0.1) is 11.3 Å². The summed E-state index contributed by atoms with van der Waals surface area (Å²) in [6.45, 7) is 0. The maximum Gasteiger partial charge on any atom is 0.267 e. The minimum absolute atomic E-state index is 0.118. The van der Waals surface area contributed by atoms with Crippen LogP contribution in [-0.2, 0) is 0 Å². The van der Waals surface area contributed by atoms with Gasteiger partial charge in [0.1, 0.15) is 16.5 Å². The van der Waals surface area contributed by atoms with Crippen molar-refractivity contribution in [3.05, 3.63) is 59.0 Å². The number of nitrogens with two attached hydrogens (primary N) is 1. The molecule has 3 rings (SSSR count). The molecular formula is C15H10F2N2OS. The lowest BCUT2D eigenvalue weighted by Gasteiger charge is -2.04. The monoisotopic (exact) mass is 304 g/mol. The predicted molar refractivity (Wildman–Crippen MR) is 80.5 cm³/mol. The molecule has 1 aromatic heterocycles. The van der Waals surface area contributed by atoms with Crippen molar-refractivity contribution in [3.63, 3.8) is 0 Å². The average Bonchev–Trinajstić information content (AvgIpc) is 2.80. The summed E-state index contributed by atoms with van der Waals surface area (Å²) >= 11 is 1.12. The molecule has 2 aromatic carbocycles. The second kappa shape index (κ2) is 5.14. The van der Waals surface area contributed by atoms with Crippen LogP contribution in [0.5, 0.6) is 0 Å². The van der Waals surface area contributed by atoms with Gasteiger partial charge in [0.2, 0.25) is 0 Å². The van der Waals surface area contributed by atoms with Crippen molar-refractivity contribution >= 4 is 38.7 Å². The van der Waals surface area contributed by atoms with Crippen LogP contribution in [0.1, 0.15) is 9.67 Å². The van der Waals surface area contributed by atoms with E-state index in [2.05, 4.69) is 5.32 Å². The SMILES string of the molecule is Nc1c(C(=O)Nc2ccc(F)cc2)sc2cccc(F)c12. The Morgan fingerprint density at radius 3 is 2.48 bits per heavy atom. The van der Waals surface area contributed by atoms with Gasteiger partial charge in [-0.05, 0) is 36.4 Å². The molecule has 0 spiro atoms. The molecule has 6 heteroatoms. The average molecular weight is 304 g/mol. The third-order valence-electron chi connectivity index (χ3n) is 3.01. The van der Waals surface area contributed by atoms with Crippen molar-refractivity contribution in [2.24, 2.45) is 0 Å². The second-order valence-corrected chi connectivity index (χ2v) is 5.47. The smallest absolute Gasteiger partial charge is 0.267 e. The van der Waals surface area contributed by atoms with Crippen molar-refractivity contribution in [3.8, 4) is 0 Å². The third kappa shape index (κ3) is 2.45. The largest absolute Gasteiger partial charge is 0.397 e. The lowest BCUT2D eigenvalue weighted by Crippen LogP contribution is -2.11. The number of anilines is 2. The lowest BCUT2D eigenvalue weighted by molar-refractivity contribution is 0.103. The van der Waals surface area contributed by atoms with Gasteiger partial charge in [0.05, 0.1) is 11.1 Å². The summed E-state index contributed by atoms with van der Waals surface area (Å²) in [6.07, 6.45) is 0. The Hall–Kier alpha value is -2.47. The van der Waals surface area contributed by atoms with Crippen molar-refractivity contribution in [2.75, 3.05) is 11.1 Å². The van der Waals surface area contributed by atoms with Crippen LogP contribution in [0, 0.1) is 11.6 Å². The van der Waals surface area contributed by atoms with E-state index in [-0.39, 0.29) is 16.0 Å². The molecule has 0 aliphatic heterocycles. The van der Waals surface area contributed by atoms with E-state index >= 15 is 0 Å². The van der Waals surface area contributed by atoms with Crippen LogP contribution in [0.4, 0.5) is 20.2 Å². The predicted octanol–water partition coefficient (Wildman–Crippen LogP) is 4.01. The lowest BCUT2D eigenvalue weighted by atomic mass is 10.2. The molecule has 3 nitrogen and oxygen atoms in total. The highest BCUT2D eigenvalue weighted by atomic mass is 32.1. The van der Waals surface area contributed by atoms with E-state index in [1.54, 1.807) is 12.1 Å². The third-order valence-corrected chi connectivity index (χ3v) is 4.18. The van der Waals surface area contributed by atoms with E-state index in [9.17, 15) is 13.6 Å². The number of nitrogen functional groups attached to an aromatic ring is 1. The molecule has 0 unspecified atom stereocenters. The number of benzene rings is 2. The molecule has 0 saturated carbocycles. The van der Waals surface area contributed by atoms with Crippen LogP contribution < -0.4 is 11.1 Å². The molecule has 0 aliphatic carbocycles. The zero-order valence-corrected chi connectivity index (χ0v) is 11.5. The first-order valence-electron chi connectivity index (χ1n) is 6.09. The van der Waals surface area contributed by atoms with Crippen molar-refractivity contribution in [2.45, 2.75) is 0 Å². The quantitative estimate of drug-likeness (QED) is 0.751. The number of nitrogens with one attached hydrogen (secondary N) is 1. The van der Waals surface area contributed by atoms with E-state index in [4.69, 9.17) is 5.73 Å². The number of rotatable bonds is 2. The van der Waals surface area contributed by atoms with E-state index < -0.39 is 17.5 Å². The minimum atomic E-state index is -0.456. The molecule has 1 amide bonds. The molecule has 0 bridgehead atoms. The number of fused-ring (bicyclic) bond motifs is 1. The van der Waals surface area contributed by atoms with Gasteiger partial charge in [0.15, 0.2) is 0 Å². The van der Waals surface area contributed by atoms with Crippen LogP contribution in [0.25, 0.3) is 10.1 Å². The summed E-state index contributed by atoms with van der Waals surface area (Å²) < 4.78 is 27.2. The Labute approximate surface area is 123 Å². The van der Waals surface area contributed by atoms with Gasteiger partial charge in [-0.3, -0.25) is 4.79 Å². The molecule has 0 radical (unpaired) electrons. The first-order chi connectivity index (χ1) is 10.1. The number of halogens is 2. The van der Waals surface area contributed by atoms with Crippen LogP contribution >= 0.6 is 11.3 Å². The Bertz CT molecular complexity index is 828. The van der Waals surface area contributed by atoms with Gasteiger partial charge in [-0.1, -0.05) is 6.07 Å². The molecule has 0 fully saturated rings. The van der Waals surface area contributed by atoms with Crippen molar-refractivity contribution in [1.82, 2.24) is 0 Å². The fourth-order valence-corrected chi connectivity index (χ4v) is 3.05. The van der Waals surface area contributed by atoms with E-state index in [1.165, 1.54) is 30.3 Å². The molecule has 1 heterocycles. The van der Waals surface area contributed by atoms with Crippen LogP contribution in [0.15, 0.2) is 42.5 Å². The fraction of sp³-hybridized carbons (Fsp3) is 0. The van der Waals surface area contributed by atoms with Gasteiger partial charge < -0.3 is 11.1 Å². The molecule has 3 aromatic rings. The summed E-state index contributed by atoms with van der Waals surface area (Å²) in [4.78, 5) is 12.4. The first-order valence-corrected chi connectivity index (χ1v) is 6.91. The minimum Gasteiger partial charge on any atom is -0.397 e. The number of carbonyl (C=O) groups excluding carboxylic acids is 1. The Kier molecular flexibility index (Phi) is 3.31. The number of amides is 1. The van der Waals surface area contributed by atoms with E-state index in [1.807, 2.05) is 0 Å². The highest BCUT2D eigenvalue weighted by molar-refractivity contribution is 7.21. The zero-order chi connectivity index (χ0) is 15.0. The Balaban J connectivity index is 1.96. The normalized spacial score (nSPS) is 10.8. The summed E-state index contributed by atoms with van der Waals surface area (Å²) in [5.41, 5.74) is 6.43.